The van der Waals surface area contributed by atoms with Gasteiger partial charge in [-0.15, -0.1) is 0 Å². The molecular weight excluding hydrogens is 346 g/mol. The van der Waals surface area contributed by atoms with Gasteiger partial charge in [-0.2, -0.15) is 0 Å². The molecule has 1 aromatic carbocycles. The molecule has 0 saturated carbocycles. The Balaban J connectivity index is 1.92. The predicted molar refractivity (Wildman–Crippen MR) is 98.5 cm³/mol. The SMILES string of the molecule is COC(=O)N1CC[C@@H]2CC(C)=C(C)C[C@]2(C(=O)OCc2ccccc2)C1=O. The van der Waals surface area contributed by atoms with Gasteiger partial charge in [0, 0.05) is 6.54 Å². The van der Waals surface area contributed by atoms with Crippen LogP contribution in [0, 0.1) is 11.3 Å². The predicted octanol–water partition coefficient (Wildman–Crippen LogP) is 3.46. The quantitative estimate of drug-likeness (QED) is 0.462. The number of benzene rings is 1. The average Bonchev–Trinajstić information content (AvgIpc) is 2.68. The van der Waals surface area contributed by atoms with E-state index < -0.39 is 23.4 Å². The zero-order valence-electron chi connectivity index (χ0n) is 16.0. The number of amides is 2. The van der Waals surface area contributed by atoms with Crippen LogP contribution >= 0.6 is 0 Å². The fourth-order valence-electron chi connectivity index (χ4n) is 4.12. The number of imide groups is 1. The summed E-state index contributed by atoms with van der Waals surface area (Å²) < 4.78 is 10.3. The fraction of sp³-hybridized carbons (Fsp3) is 0.476. The van der Waals surface area contributed by atoms with E-state index in [1.54, 1.807) is 0 Å². The number of rotatable bonds is 3. The van der Waals surface area contributed by atoms with Crippen molar-refractivity contribution in [2.45, 2.75) is 39.7 Å². The van der Waals surface area contributed by atoms with Crippen molar-refractivity contribution in [2.24, 2.45) is 11.3 Å². The monoisotopic (exact) mass is 371 g/mol. The molecule has 2 aliphatic rings. The van der Waals surface area contributed by atoms with Gasteiger partial charge < -0.3 is 9.47 Å². The molecule has 0 bridgehead atoms. The highest BCUT2D eigenvalue weighted by atomic mass is 16.5. The Labute approximate surface area is 159 Å². The van der Waals surface area contributed by atoms with Gasteiger partial charge in [-0.05, 0) is 44.6 Å². The van der Waals surface area contributed by atoms with E-state index in [0.717, 1.165) is 16.0 Å². The van der Waals surface area contributed by atoms with Gasteiger partial charge in [0.05, 0.1) is 7.11 Å². The molecule has 2 amide bonds. The molecule has 144 valence electrons. The summed E-state index contributed by atoms with van der Waals surface area (Å²) in [5.74, 6) is -1.23. The Morgan fingerprint density at radius 3 is 2.56 bits per heavy atom. The van der Waals surface area contributed by atoms with Crippen LogP contribution in [0.1, 0.15) is 38.7 Å². The summed E-state index contributed by atoms with van der Waals surface area (Å²) >= 11 is 0. The molecule has 1 aromatic rings. The number of methoxy groups -OCH3 is 1. The smallest absolute Gasteiger partial charge is 0.416 e. The molecule has 6 nitrogen and oxygen atoms in total. The Morgan fingerprint density at radius 1 is 1.19 bits per heavy atom. The first-order valence-electron chi connectivity index (χ1n) is 9.16. The van der Waals surface area contributed by atoms with Crippen molar-refractivity contribution in [3.63, 3.8) is 0 Å². The molecule has 1 saturated heterocycles. The lowest BCUT2D eigenvalue weighted by molar-refractivity contribution is -0.174. The molecular formula is C21H25NO5. The Bertz CT molecular complexity index is 785. The molecule has 1 heterocycles. The van der Waals surface area contributed by atoms with Gasteiger partial charge in [0.2, 0.25) is 5.91 Å². The number of piperidine rings is 1. The standard InChI is InChI=1S/C21H25NO5/c1-14-11-17-9-10-22(20(25)26-3)18(23)21(17,12-15(14)2)19(24)27-13-16-7-5-4-6-8-16/h4-8,17H,9-13H2,1-3H3/t17-,21-/m1/s1. The fourth-order valence-corrected chi connectivity index (χ4v) is 4.12. The Morgan fingerprint density at radius 2 is 1.89 bits per heavy atom. The number of esters is 1. The first-order chi connectivity index (χ1) is 12.9. The first-order valence-corrected chi connectivity index (χ1v) is 9.16. The second-order valence-corrected chi connectivity index (χ2v) is 7.39. The maximum Gasteiger partial charge on any atom is 0.416 e. The number of carbonyl (C=O) groups excluding carboxylic acids is 3. The number of likely N-dealkylation sites (tertiary alicyclic amines) is 1. The lowest BCUT2D eigenvalue weighted by Crippen LogP contribution is -2.60. The van der Waals surface area contributed by atoms with Crippen LogP contribution < -0.4 is 0 Å². The third-order valence-corrected chi connectivity index (χ3v) is 5.82. The minimum absolute atomic E-state index is 0.0986. The van der Waals surface area contributed by atoms with Crippen molar-refractivity contribution in [1.29, 1.82) is 0 Å². The van der Waals surface area contributed by atoms with E-state index >= 15 is 0 Å². The van der Waals surface area contributed by atoms with Gasteiger partial charge in [-0.1, -0.05) is 41.5 Å². The number of fused-ring (bicyclic) bond motifs is 1. The largest absolute Gasteiger partial charge is 0.460 e. The van der Waals surface area contributed by atoms with E-state index in [1.807, 2.05) is 44.2 Å². The maximum absolute atomic E-state index is 13.3. The maximum atomic E-state index is 13.3. The van der Waals surface area contributed by atoms with Crippen LogP contribution in [0.2, 0.25) is 0 Å². The van der Waals surface area contributed by atoms with Crippen LogP contribution in [0.15, 0.2) is 41.5 Å². The van der Waals surface area contributed by atoms with Gasteiger partial charge in [-0.25, -0.2) is 9.69 Å². The summed E-state index contributed by atoms with van der Waals surface area (Å²) in [6.07, 6.45) is 0.778. The van der Waals surface area contributed by atoms with Crippen LogP contribution in [0.4, 0.5) is 4.79 Å². The van der Waals surface area contributed by atoms with Gasteiger partial charge in [0.25, 0.3) is 0 Å². The summed E-state index contributed by atoms with van der Waals surface area (Å²) in [6, 6.07) is 9.35. The molecule has 6 heteroatoms. The molecule has 0 N–H and O–H groups in total. The van der Waals surface area contributed by atoms with Gasteiger partial charge in [0.1, 0.15) is 6.61 Å². The summed E-state index contributed by atoms with van der Waals surface area (Å²) in [7, 11) is 1.23. The molecule has 2 atom stereocenters. The summed E-state index contributed by atoms with van der Waals surface area (Å²) in [4.78, 5) is 39.6. The number of hydrogen-bond acceptors (Lipinski definition) is 5. The van der Waals surface area contributed by atoms with Crippen LogP contribution in [0.5, 0.6) is 0 Å². The van der Waals surface area contributed by atoms with Crippen LogP contribution in [0.25, 0.3) is 0 Å². The topological polar surface area (TPSA) is 72.9 Å². The second kappa shape index (κ2) is 7.55. The van der Waals surface area contributed by atoms with Crippen molar-refractivity contribution < 1.29 is 23.9 Å². The number of allylic oxidation sites excluding steroid dienone is 2. The summed E-state index contributed by atoms with van der Waals surface area (Å²) in [6.45, 7) is 4.32. The number of nitrogens with zero attached hydrogens (tertiary/aromatic N) is 1. The minimum Gasteiger partial charge on any atom is -0.460 e. The molecule has 1 fully saturated rings. The van der Waals surface area contributed by atoms with E-state index in [9.17, 15) is 14.4 Å². The van der Waals surface area contributed by atoms with E-state index in [2.05, 4.69) is 0 Å². The summed E-state index contributed by atoms with van der Waals surface area (Å²) in [5, 5.41) is 0. The zero-order chi connectivity index (χ0) is 19.6. The summed E-state index contributed by atoms with van der Waals surface area (Å²) in [5.41, 5.74) is 1.70. The lowest BCUT2D eigenvalue weighted by Gasteiger charge is -2.47. The zero-order valence-corrected chi connectivity index (χ0v) is 16.0. The van der Waals surface area contributed by atoms with Gasteiger partial charge >= 0.3 is 12.1 Å². The van der Waals surface area contributed by atoms with Crippen molar-refractivity contribution >= 4 is 18.0 Å². The molecule has 3 rings (SSSR count). The van der Waals surface area contributed by atoms with Crippen LogP contribution in [0.3, 0.4) is 0 Å². The highest BCUT2D eigenvalue weighted by molar-refractivity contribution is 6.09. The molecule has 1 aliphatic carbocycles. The highest BCUT2D eigenvalue weighted by Gasteiger charge is 2.59. The van der Waals surface area contributed by atoms with Crippen molar-refractivity contribution in [3.05, 3.63) is 47.0 Å². The van der Waals surface area contributed by atoms with Crippen molar-refractivity contribution in [3.8, 4) is 0 Å². The third-order valence-electron chi connectivity index (χ3n) is 5.82. The number of ether oxygens (including phenoxy) is 2. The van der Waals surface area contributed by atoms with E-state index in [0.29, 0.717) is 12.8 Å². The average molecular weight is 371 g/mol. The number of carbonyl (C=O) groups is 3. The van der Waals surface area contributed by atoms with E-state index in [4.69, 9.17) is 9.47 Å². The highest BCUT2D eigenvalue weighted by Crippen LogP contribution is 2.50. The normalized spacial score (nSPS) is 25.1. The van der Waals surface area contributed by atoms with Crippen molar-refractivity contribution in [1.82, 2.24) is 4.90 Å². The molecule has 1 aliphatic heterocycles. The molecule has 0 unspecified atom stereocenters. The first kappa shape index (κ1) is 19.1. The third kappa shape index (κ3) is 3.36. The lowest BCUT2D eigenvalue weighted by atomic mass is 9.61. The second-order valence-electron chi connectivity index (χ2n) is 7.39. The van der Waals surface area contributed by atoms with Gasteiger partial charge in [-0.3, -0.25) is 9.59 Å². The Hall–Kier alpha value is -2.63. The Kier molecular flexibility index (Phi) is 5.35. The van der Waals surface area contributed by atoms with E-state index in [1.165, 1.54) is 12.7 Å². The van der Waals surface area contributed by atoms with Gasteiger partial charge in [0.15, 0.2) is 5.41 Å². The van der Waals surface area contributed by atoms with E-state index in [-0.39, 0.29) is 25.5 Å². The van der Waals surface area contributed by atoms with Crippen LogP contribution in [-0.4, -0.2) is 36.5 Å². The number of hydrogen-bond donors (Lipinski definition) is 0. The van der Waals surface area contributed by atoms with Crippen molar-refractivity contribution in [2.75, 3.05) is 13.7 Å². The minimum atomic E-state index is -1.36. The molecule has 0 aromatic heterocycles. The molecule has 27 heavy (non-hydrogen) atoms. The molecule has 0 radical (unpaired) electrons. The van der Waals surface area contributed by atoms with Crippen LogP contribution in [-0.2, 0) is 25.7 Å². The molecule has 0 spiro atoms.